The van der Waals surface area contributed by atoms with Crippen LogP contribution in [0.2, 0.25) is 0 Å². The Morgan fingerprint density at radius 2 is 1.50 bits per heavy atom. The quantitative estimate of drug-likeness (QED) is 0.492. The lowest BCUT2D eigenvalue weighted by Gasteiger charge is -2.12. The number of allylic oxidation sites excluding steroid dienone is 2. The summed E-state index contributed by atoms with van der Waals surface area (Å²) in [6.07, 6.45) is 11.1. The summed E-state index contributed by atoms with van der Waals surface area (Å²) in [5.74, 6) is 0. The van der Waals surface area contributed by atoms with Crippen LogP contribution in [0.4, 0.5) is 0 Å². The van der Waals surface area contributed by atoms with E-state index in [2.05, 4.69) is 36.3 Å². The van der Waals surface area contributed by atoms with Crippen LogP contribution in [0.5, 0.6) is 0 Å². The molecule has 0 aliphatic carbocycles. The van der Waals surface area contributed by atoms with Gasteiger partial charge >= 0.3 is 0 Å². The highest BCUT2D eigenvalue weighted by atomic mass is 15.1. The fraction of sp³-hybridized carbons (Fsp3) is 0.556. The van der Waals surface area contributed by atoms with E-state index in [1.54, 1.807) is 0 Å². The average Bonchev–Trinajstić information content (AvgIpc) is 2.02. The predicted molar refractivity (Wildman–Crippen MR) is 45.0 cm³/mol. The molecule has 56 valence electrons. The van der Waals surface area contributed by atoms with Crippen molar-refractivity contribution in [1.82, 2.24) is 4.90 Å². The Kier molecular flexibility index (Phi) is 3.23. The lowest BCUT2D eigenvalue weighted by molar-refractivity contribution is 0.348. The second kappa shape index (κ2) is 4.29. The van der Waals surface area contributed by atoms with Gasteiger partial charge in [0.2, 0.25) is 0 Å². The Hall–Kier alpha value is -0.560. The van der Waals surface area contributed by atoms with Crippen LogP contribution >= 0.6 is 0 Å². The zero-order valence-corrected chi connectivity index (χ0v) is 6.59. The van der Waals surface area contributed by atoms with Crippen LogP contribution in [-0.2, 0) is 0 Å². The Balaban J connectivity index is 2.37. The summed E-state index contributed by atoms with van der Waals surface area (Å²) in [6.45, 7) is 2.39. The third-order valence-corrected chi connectivity index (χ3v) is 1.74. The molecule has 0 saturated heterocycles. The molecule has 1 heterocycles. The zero-order chi connectivity index (χ0) is 7.23. The molecule has 1 rings (SSSR count). The third kappa shape index (κ3) is 2.83. The average molecular weight is 137 g/mol. The third-order valence-electron chi connectivity index (χ3n) is 1.74. The van der Waals surface area contributed by atoms with E-state index < -0.39 is 0 Å². The minimum absolute atomic E-state index is 1.18. The van der Waals surface area contributed by atoms with Crippen molar-refractivity contribution in [3.05, 3.63) is 24.3 Å². The van der Waals surface area contributed by atoms with E-state index >= 15 is 0 Å². The maximum atomic E-state index is 2.36. The smallest absolute Gasteiger partial charge is 0.00131 e. The van der Waals surface area contributed by atoms with Crippen molar-refractivity contribution < 1.29 is 0 Å². The largest absolute Gasteiger partial charge is 0.306 e. The molecule has 10 heavy (non-hydrogen) atoms. The molecular weight excluding hydrogens is 122 g/mol. The van der Waals surface area contributed by atoms with E-state index in [-0.39, 0.29) is 0 Å². The van der Waals surface area contributed by atoms with Gasteiger partial charge in [-0.1, -0.05) is 24.3 Å². The molecule has 0 aromatic rings. The fourth-order valence-corrected chi connectivity index (χ4v) is 1.05. The van der Waals surface area contributed by atoms with Gasteiger partial charge in [-0.05, 0) is 19.9 Å². The molecule has 0 aromatic carbocycles. The molecule has 0 atom stereocenters. The number of hydrogen-bond acceptors (Lipinski definition) is 1. The van der Waals surface area contributed by atoms with E-state index in [9.17, 15) is 0 Å². The molecule has 0 unspecified atom stereocenters. The SMILES string of the molecule is CN1CC/C=C\C=C/CC1. The lowest BCUT2D eigenvalue weighted by Crippen LogP contribution is -2.19. The molecule has 0 aromatic heterocycles. The Morgan fingerprint density at radius 1 is 1.00 bits per heavy atom. The highest BCUT2D eigenvalue weighted by Crippen LogP contribution is 1.96. The highest BCUT2D eigenvalue weighted by molar-refractivity contribution is 5.03. The van der Waals surface area contributed by atoms with Gasteiger partial charge in [0, 0.05) is 13.1 Å². The van der Waals surface area contributed by atoms with Crippen molar-refractivity contribution in [3.8, 4) is 0 Å². The maximum absolute atomic E-state index is 2.36. The lowest BCUT2D eigenvalue weighted by atomic mass is 10.3. The van der Waals surface area contributed by atoms with Crippen molar-refractivity contribution in [2.45, 2.75) is 12.8 Å². The van der Waals surface area contributed by atoms with Crippen LogP contribution in [0.3, 0.4) is 0 Å². The minimum atomic E-state index is 1.18. The van der Waals surface area contributed by atoms with Crippen molar-refractivity contribution in [1.29, 1.82) is 0 Å². The minimum Gasteiger partial charge on any atom is -0.306 e. The normalized spacial score (nSPS) is 28.1. The van der Waals surface area contributed by atoms with Crippen LogP contribution in [0.25, 0.3) is 0 Å². The van der Waals surface area contributed by atoms with E-state index in [1.165, 1.54) is 25.9 Å². The summed E-state index contributed by atoms with van der Waals surface area (Å²) in [5, 5.41) is 0. The molecule has 0 bridgehead atoms. The molecule has 0 spiro atoms. The molecule has 1 aliphatic heterocycles. The van der Waals surface area contributed by atoms with E-state index in [0.717, 1.165) is 0 Å². The molecule has 0 amide bonds. The summed E-state index contributed by atoms with van der Waals surface area (Å²) in [6, 6.07) is 0. The zero-order valence-electron chi connectivity index (χ0n) is 6.59. The fourth-order valence-electron chi connectivity index (χ4n) is 1.05. The van der Waals surface area contributed by atoms with Crippen LogP contribution in [-0.4, -0.2) is 25.0 Å². The van der Waals surface area contributed by atoms with Gasteiger partial charge in [-0.2, -0.15) is 0 Å². The highest BCUT2D eigenvalue weighted by Gasteiger charge is 1.94. The number of nitrogens with zero attached hydrogens (tertiary/aromatic N) is 1. The Bertz CT molecular complexity index is 120. The van der Waals surface area contributed by atoms with Crippen LogP contribution < -0.4 is 0 Å². The maximum Gasteiger partial charge on any atom is 0.00131 e. The van der Waals surface area contributed by atoms with Gasteiger partial charge < -0.3 is 4.90 Å². The molecule has 0 radical (unpaired) electrons. The summed E-state index contributed by atoms with van der Waals surface area (Å²) in [4.78, 5) is 2.36. The van der Waals surface area contributed by atoms with Crippen LogP contribution in [0.1, 0.15) is 12.8 Å². The molecular formula is C9H15N. The molecule has 0 N–H and O–H groups in total. The first-order valence-corrected chi connectivity index (χ1v) is 3.90. The molecule has 1 aliphatic rings. The Labute approximate surface area is 63.0 Å². The van der Waals surface area contributed by atoms with Gasteiger partial charge in [0.05, 0.1) is 0 Å². The first-order chi connectivity index (χ1) is 4.89. The number of hydrogen-bond donors (Lipinski definition) is 0. The first kappa shape index (κ1) is 7.55. The van der Waals surface area contributed by atoms with E-state index in [1.807, 2.05) is 0 Å². The Morgan fingerprint density at radius 3 is 2.00 bits per heavy atom. The van der Waals surface area contributed by atoms with Gasteiger partial charge in [0.25, 0.3) is 0 Å². The van der Waals surface area contributed by atoms with Crippen molar-refractivity contribution in [3.63, 3.8) is 0 Å². The summed E-state index contributed by atoms with van der Waals surface area (Å²) < 4.78 is 0. The molecule has 0 fully saturated rings. The van der Waals surface area contributed by atoms with Crippen LogP contribution in [0.15, 0.2) is 24.3 Å². The van der Waals surface area contributed by atoms with Gasteiger partial charge in [0.15, 0.2) is 0 Å². The van der Waals surface area contributed by atoms with Gasteiger partial charge in [-0.3, -0.25) is 0 Å². The van der Waals surface area contributed by atoms with E-state index in [0.29, 0.717) is 0 Å². The van der Waals surface area contributed by atoms with Gasteiger partial charge in [-0.25, -0.2) is 0 Å². The van der Waals surface area contributed by atoms with Gasteiger partial charge in [-0.15, -0.1) is 0 Å². The molecule has 1 heteroatoms. The summed E-state index contributed by atoms with van der Waals surface area (Å²) in [5.41, 5.74) is 0. The standard InChI is InChI=1S/C9H15N/c1-10-8-6-4-2-3-5-7-9-10/h2-5H,6-9H2,1H3/b4-2-,5-3-. The molecule has 1 nitrogen and oxygen atoms in total. The topological polar surface area (TPSA) is 3.24 Å². The van der Waals surface area contributed by atoms with Crippen molar-refractivity contribution >= 4 is 0 Å². The monoisotopic (exact) mass is 137 g/mol. The van der Waals surface area contributed by atoms with E-state index in [4.69, 9.17) is 0 Å². The number of rotatable bonds is 0. The summed E-state index contributed by atoms with van der Waals surface area (Å²) >= 11 is 0. The van der Waals surface area contributed by atoms with Crippen molar-refractivity contribution in [2.24, 2.45) is 0 Å². The predicted octanol–water partition coefficient (Wildman–Crippen LogP) is 1.82. The molecule has 0 saturated carbocycles. The van der Waals surface area contributed by atoms with Crippen molar-refractivity contribution in [2.75, 3.05) is 20.1 Å². The van der Waals surface area contributed by atoms with Crippen LogP contribution in [0, 0.1) is 0 Å². The van der Waals surface area contributed by atoms with Gasteiger partial charge in [0.1, 0.15) is 0 Å². The second-order valence-electron chi connectivity index (χ2n) is 2.74. The second-order valence-corrected chi connectivity index (χ2v) is 2.74. The summed E-state index contributed by atoms with van der Waals surface area (Å²) in [7, 11) is 2.17. The first-order valence-electron chi connectivity index (χ1n) is 3.90.